The van der Waals surface area contributed by atoms with Crippen molar-refractivity contribution in [1.29, 1.82) is 0 Å². The van der Waals surface area contributed by atoms with Gasteiger partial charge in [-0.3, -0.25) is 4.90 Å². The van der Waals surface area contributed by atoms with Crippen molar-refractivity contribution >= 4 is 0 Å². The molecule has 4 atom stereocenters. The van der Waals surface area contributed by atoms with Gasteiger partial charge in [0.2, 0.25) is 0 Å². The second-order valence-corrected chi connectivity index (χ2v) is 6.16. The monoisotopic (exact) mass is 195 g/mol. The summed E-state index contributed by atoms with van der Waals surface area (Å²) in [4.78, 5) is 2.78. The highest BCUT2D eigenvalue weighted by molar-refractivity contribution is 5.03. The third kappa shape index (κ3) is 1.50. The van der Waals surface area contributed by atoms with Crippen LogP contribution in [-0.4, -0.2) is 23.5 Å². The molecule has 14 heavy (non-hydrogen) atoms. The van der Waals surface area contributed by atoms with Crippen molar-refractivity contribution < 1.29 is 0 Å². The van der Waals surface area contributed by atoms with Crippen LogP contribution in [0.2, 0.25) is 0 Å². The molecule has 0 aromatic carbocycles. The molecule has 1 heterocycles. The van der Waals surface area contributed by atoms with Gasteiger partial charge < -0.3 is 0 Å². The highest BCUT2D eigenvalue weighted by Crippen LogP contribution is 2.48. The molecule has 2 aliphatic rings. The average Bonchev–Trinajstić information content (AvgIpc) is 2.86. The normalized spacial score (nSPS) is 46.9. The smallest absolute Gasteiger partial charge is 0.0130 e. The predicted octanol–water partition coefficient (Wildman–Crippen LogP) is 3.15. The van der Waals surface area contributed by atoms with Gasteiger partial charge in [0, 0.05) is 18.6 Å². The molecule has 0 bridgehead atoms. The summed E-state index contributed by atoms with van der Waals surface area (Å²) < 4.78 is 0. The van der Waals surface area contributed by atoms with E-state index in [1.807, 2.05) is 0 Å². The highest BCUT2D eigenvalue weighted by atomic mass is 15.3. The molecule has 0 aromatic heterocycles. The molecule has 0 amide bonds. The Morgan fingerprint density at radius 2 is 1.93 bits per heavy atom. The Morgan fingerprint density at radius 1 is 1.29 bits per heavy atom. The third-order valence-electron chi connectivity index (χ3n) is 4.91. The maximum absolute atomic E-state index is 2.78. The first-order valence-electron chi connectivity index (χ1n) is 6.23. The minimum absolute atomic E-state index is 0.528. The lowest BCUT2D eigenvalue weighted by atomic mass is 9.81. The fraction of sp³-hybridized carbons (Fsp3) is 1.00. The van der Waals surface area contributed by atoms with Gasteiger partial charge in [-0.25, -0.2) is 0 Å². The Morgan fingerprint density at radius 3 is 2.29 bits per heavy atom. The Kier molecular flexibility index (Phi) is 2.42. The summed E-state index contributed by atoms with van der Waals surface area (Å²) >= 11 is 0. The summed E-state index contributed by atoms with van der Waals surface area (Å²) in [5, 5.41) is 0. The number of rotatable bonds is 2. The van der Waals surface area contributed by atoms with Crippen molar-refractivity contribution in [3.05, 3.63) is 0 Å². The summed E-state index contributed by atoms with van der Waals surface area (Å²) in [7, 11) is 0. The maximum Gasteiger partial charge on any atom is 0.0130 e. The maximum atomic E-state index is 2.78. The summed E-state index contributed by atoms with van der Waals surface area (Å²) in [6.07, 6.45) is 2.84. The van der Waals surface area contributed by atoms with Crippen LogP contribution < -0.4 is 0 Å². The first kappa shape index (κ1) is 10.5. The largest absolute Gasteiger partial charge is 0.297 e. The van der Waals surface area contributed by atoms with Crippen molar-refractivity contribution in [2.45, 2.75) is 59.5 Å². The van der Waals surface area contributed by atoms with E-state index in [-0.39, 0.29) is 0 Å². The zero-order valence-electron chi connectivity index (χ0n) is 10.4. The van der Waals surface area contributed by atoms with E-state index in [1.165, 1.54) is 19.4 Å². The second kappa shape index (κ2) is 3.23. The van der Waals surface area contributed by atoms with E-state index in [0.717, 1.165) is 23.9 Å². The van der Waals surface area contributed by atoms with Crippen molar-refractivity contribution in [1.82, 2.24) is 4.90 Å². The lowest BCUT2D eigenvalue weighted by Gasteiger charge is -2.24. The van der Waals surface area contributed by atoms with Crippen LogP contribution in [0.4, 0.5) is 0 Å². The molecule has 4 unspecified atom stereocenters. The summed E-state index contributed by atoms with van der Waals surface area (Å²) in [5.74, 6) is 1.86. The summed E-state index contributed by atoms with van der Waals surface area (Å²) in [6.45, 7) is 13.4. The summed E-state index contributed by atoms with van der Waals surface area (Å²) in [5.41, 5.74) is 0.528. The minimum atomic E-state index is 0.528. The van der Waals surface area contributed by atoms with Crippen LogP contribution in [0.25, 0.3) is 0 Å². The molecule has 0 spiro atoms. The number of hydrogen-bond acceptors (Lipinski definition) is 1. The van der Waals surface area contributed by atoms with Crippen molar-refractivity contribution in [3.63, 3.8) is 0 Å². The zero-order valence-corrected chi connectivity index (χ0v) is 10.4. The zero-order chi connectivity index (χ0) is 10.5. The molecule has 0 radical (unpaired) electrons. The number of nitrogens with zero attached hydrogens (tertiary/aromatic N) is 1. The third-order valence-corrected chi connectivity index (χ3v) is 4.91. The van der Waals surface area contributed by atoms with E-state index in [4.69, 9.17) is 0 Å². The molecule has 1 aliphatic carbocycles. The van der Waals surface area contributed by atoms with Gasteiger partial charge in [-0.1, -0.05) is 34.1 Å². The topological polar surface area (TPSA) is 3.24 Å². The standard InChI is InChI=1S/C13H25N/c1-6-11-7-12(11)14-8-13(4,5)9(2)10(14)3/h9-12H,6-8H2,1-5H3. The lowest BCUT2D eigenvalue weighted by Crippen LogP contribution is -2.32. The van der Waals surface area contributed by atoms with Gasteiger partial charge in [-0.05, 0) is 30.6 Å². The number of hydrogen-bond donors (Lipinski definition) is 0. The highest BCUT2D eigenvalue weighted by Gasteiger charge is 2.50. The van der Waals surface area contributed by atoms with Gasteiger partial charge in [0.1, 0.15) is 0 Å². The van der Waals surface area contributed by atoms with Crippen LogP contribution in [0.5, 0.6) is 0 Å². The Bertz CT molecular complexity index is 221. The molecule has 0 aromatic rings. The predicted molar refractivity (Wildman–Crippen MR) is 61.3 cm³/mol. The Hall–Kier alpha value is -0.0400. The van der Waals surface area contributed by atoms with Crippen molar-refractivity contribution in [3.8, 4) is 0 Å². The minimum Gasteiger partial charge on any atom is -0.297 e. The van der Waals surface area contributed by atoms with E-state index in [2.05, 4.69) is 39.5 Å². The first-order chi connectivity index (χ1) is 6.47. The van der Waals surface area contributed by atoms with E-state index >= 15 is 0 Å². The SMILES string of the molecule is CCC1CC1N1CC(C)(C)C(C)C1C. The molecule has 1 nitrogen and oxygen atoms in total. The molecule has 82 valence electrons. The van der Waals surface area contributed by atoms with Crippen LogP contribution in [0.15, 0.2) is 0 Å². The molecule has 1 heteroatoms. The van der Waals surface area contributed by atoms with Gasteiger partial charge in [0.25, 0.3) is 0 Å². The van der Waals surface area contributed by atoms with Crippen LogP contribution in [0.1, 0.15) is 47.5 Å². The van der Waals surface area contributed by atoms with Gasteiger partial charge in [0.05, 0.1) is 0 Å². The van der Waals surface area contributed by atoms with Gasteiger partial charge >= 0.3 is 0 Å². The van der Waals surface area contributed by atoms with Crippen molar-refractivity contribution in [2.75, 3.05) is 6.54 Å². The van der Waals surface area contributed by atoms with Crippen LogP contribution >= 0.6 is 0 Å². The number of likely N-dealkylation sites (tertiary alicyclic amines) is 1. The molecule has 1 aliphatic heterocycles. The molecular formula is C13H25N. The fourth-order valence-corrected chi connectivity index (χ4v) is 3.19. The molecular weight excluding hydrogens is 170 g/mol. The van der Waals surface area contributed by atoms with E-state index in [0.29, 0.717) is 5.41 Å². The van der Waals surface area contributed by atoms with Crippen molar-refractivity contribution in [2.24, 2.45) is 17.3 Å². The van der Waals surface area contributed by atoms with E-state index in [1.54, 1.807) is 0 Å². The van der Waals surface area contributed by atoms with Gasteiger partial charge in [-0.15, -0.1) is 0 Å². The lowest BCUT2D eigenvalue weighted by molar-refractivity contribution is 0.225. The van der Waals surface area contributed by atoms with Gasteiger partial charge in [0.15, 0.2) is 0 Å². The fourth-order valence-electron chi connectivity index (χ4n) is 3.19. The molecule has 0 N–H and O–H groups in total. The van der Waals surface area contributed by atoms with Crippen LogP contribution in [0.3, 0.4) is 0 Å². The average molecular weight is 195 g/mol. The molecule has 2 fully saturated rings. The van der Waals surface area contributed by atoms with Crippen LogP contribution in [0, 0.1) is 17.3 Å². The Labute approximate surface area is 88.9 Å². The van der Waals surface area contributed by atoms with E-state index < -0.39 is 0 Å². The molecule has 1 saturated carbocycles. The second-order valence-electron chi connectivity index (χ2n) is 6.16. The molecule has 2 rings (SSSR count). The van der Waals surface area contributed by atoms with Gasteiger partial charge in [-0.2, -0.15) is 0 Å². The first-order valence-corrected chi connectivity index (χ1v) is 6.23. The Balaban J connectivity index is 2.03. The quantitative estimate of drug-likeness (QED) is 0.654. The van der Waals surface area contributed by atoms with E-state index in [9.17, 15) is 0 Å². The molecule has 1 saturated heterocycles. The van der Waals surface area contributed by atoms with Crippen LogP contribution in [-0.2, 0) is 0 Å². The summed E-state index contributed by atoms with van der Waals surface area (Å²) in [6, 6.07) is 1.73.